The fraction of sp³-hybridized carbons (Fsp3) is 0.154. The van der Waals surface area contributed by atoms with Gasteiger partial charge in [0.1, 0.15) is 0 Å². The molecular formula is C13H13N3. The minimum absolute atomic E-state index is 0.978. The summed E-state index contributed by atoms with van der Waals surface area (Å²) in [7, 11) is 0. The summed E-state index contributed by atoms with van der Waals surface area (Å²) in [5, 5.41) is 1.13. The van der Waals surface area contributed by atoms with Gasteiger partial charge in [0.05, 0.1) is 16.6 Å². The van der Waals surface area contributed by atoms with E-state index in [1.165, 1.54) is 5.56 Å². The quantitative estimate of drug-likeness (QED) is 0.581. The molecule has 3 nitrogen and oxygen atoms in total. The van der Waals surface area contributed by atoms with Crippen LogP contribution in [-0.4, -0.2) is 9.66 Å². The van der Waals surface area contributed by atoms with Crippen LogP contribution in [0.3, 0.4) is 0 Å². The molecule has 2 aromatic heterocycles. The van der Waals surface area contributed by atoms with E-state index >= 15 is 0 Å². The van der Waals surface area contributed by atoms with E-state index in [9.17, 15) is 0 Å². The number of nitrogens with two attached hydrogens (primary N) is 1. The van der Waals surface area contributed by atoms with E-state index in [-0.39, 0.29) is 0 Å². The Morgan fingerprint density at radius 2 is 1.81 bits per heavy atom. The van der Waals surface area contributed by atoms with Crippen molar-refractivity contribution in [1.82, 2.24) is 9.66 Å². The lowest BCUT2D eigenvalue weighted by Crippen LogP contribution is -2.06. The first-order valence-corrected chi connectivity index (χ1v) is 5.30. The lowest BCUT2D eigenvalue weighted by atomic mass is 10.1. The number of aryl methyl sites for hydroxylation is 2. The van der Waals surface area contributed by atoms with Gasteiger partial charge >= 0.3 is 0 Å². The van der Waals surface area contributed by atoms with Gasteiger partial charge in [0.2, 0.25) is 0 Å². The third-order valence-electron chi connectivity index (χ3n) is 2.94. The summed E-state index contributed by atoms with van der Waals surface area (Å²) in [4.78, 5) is 4.56. The molecule has 3 heteroatoms. The first-order valence-electron chi connectivity index (χ1n) is 5.30. The van der Waals surface area contributed by atoms with Crippen molar-refractivity contribution >= 4 is 21.9 Å². The normalized spacial score (nSPS) is 11.4. The Balaban J connectivity index is 2.60. The number of nitrogen functional groups attached to an aromatic ring is 1. The Kier molecular flexibility index (Phi) is 1.72. The second-order valence-electron chi connectivity index (χ2n) is 4.21. The molecule has 0 saturated carbocycles. The monoisotopic (exact) mass is 211 g/mol. The molecule has 0 saturated heterocycles. The van der Waals surface area contributed by atoms with Gasteiger partial charge < -0.3 is 5.84 Å². The number of hydrogen-bond acceptors (Lipinski definition) is 2. The summed E-state index contributed by atoms with van der Waals surface area (Å²) in [6.07, 6.45) is 0. The maximum absolute atomic E-state index is 6.05. The third-order valence-corrected chi connectivity index (χ3v) is 2.94. The number of aromatic nitrogens is 2. The van der Waals surface area contributed by atoms with Crippen LogP contribution in [0.1, 0.15) is 11.3 Å². The van der Waals surface area contributed by atoms with Crippen LogP contribution in [0.15, 0.2) is 30.3 Å². The third kappa shape index (κ3) is 1.11. The maximum Gasteiger partial charge on any atom is 0.0983 e. The average Bonchev–Trinajstić information content (AvgIpc) is 2.52. The standard InChI is InChI=1S/C13H13N3/c1-8-3-5-11-10(7-8)13-12(16(11)14)6-4-9(2)15-13/h3-7H,14H2,1-2H3. The minimum atomic E-state index is 0.978. The molecule has 0 aliphatic heterocycles. The summed E-state index contributed by atoms with van der Waals surface area (Å²) in [6, 6.07) is 10.2. The molecule has 0 unspecified atom stereocenters. The van der Waals surface area contributed by atoms with E-state index in [4.69, 9.17) is 5.84 Å². The fourth-order valence-corrected chi connectivity index (χ4v) is 2.12. The van der Waals surface area contributed by atoms with E-state index in [1.54, 1.807) is 4.68 Å². The van der Waals surface area contributed by atoms with Crippen molar-refractivity contribution < 1.29 is 0 Å². The van der Waals surface area contributed by atoms with Gasteiger partial charge in [0.15, 0.2) is 0 Å². The highest BCUT2D eigenvalue weighted by Crippen LogP contribution is 2.26. The van der Waals surface area contributed by atoms with Crippen LogP contribution in [0.2, 0.25) is 0 Å². The molecule has 0 fully saturated rings. The second-order valence-corrected chi connectivity index (χ2v) is 4.21. The Bertz CT molecular complexity index is 636. The SMILES string of the molecule is Cc1ccc2c(c1)c1nc(C)ccc1n2N. The molecule has 3 rings (SSSR count). The summed E-state index contributed by atoms with van der Waals surface area (Å²) in [6.45, 7) is 4.07. The van der Waals surface area contributed by atoms with Crippen LogP contribution < -0.4 is 5.84 Å². The van der Waals surface area contributed by atoms with Gasteiger partial charge in [0.25, 0.3) is 0 Å². The molecule has 80 valence electrons. The van der Waals surface area contributed by atoms with Crippen molar-refractivity contribution in [3.8, 4) is 0 Å². The smallest absolute Gasteiger partial charge is 0.0983 e. The predicted molar refractivity (Wildman–Crippen MR) is 66.9 cm³/mol. The van der Waals surface area contributed by atoms with Gasteiger partial charge in [-0.2, -0.15) is 0 Å². The lowest BCUT2D eigenvalue weighted by Gasteiger charge is -1.97. The van der Waals surface area contributed by atoms with Gasteiger partial charge in [-0.25, -0.2) is 0 Å². The Morgan fingerprint density at radius 3 is 2.62 bits per heavy atom. The molecule has 0 aliphatic carbocycles. The molecule has 2 heterocycles. The van der Waals surface area contributed by atoms with Crippen LogP contribution in [0.5, 0.6) is 0 Å². The van der Waals surface area contributed by atoms with Gasteiger partial charge in [-0.3, -0.25) is 9.66 Å². The number of fused-ring (bicyclic) bond motifs is 3. The summed E-state index contributed by atoms with van der Waals surface area (Å²) >= 11 is 0. The fourth-order valence-electron chi connectivity index (χ4n) is 2.12. The van der Waals surface area contributed by atoms with Gasteiger partial charge in [0, 0.05) is 11.1 Å². The molecule has 0 aliphatic rings. The number of rotatable bonds is 0. The zero-order valence-electron chi connectivity index (χ0n) is 9.36. The van der Waals surface area contributed by atoms with Crippen molar-refractivity contribution in [1.29, 1.82) is 0 Å². The number of benzene rings is 1. The number of nitrogens with zero attached hydrogens (tertiary/aromatic N) is 2. The highest BCUT2D eigenvalue weighted by molar-refractivity contribution is 6.06. The minimum Gasteiger partial charge on any atom is -0.339 e. The Hall–Kier alpha value is -2.03. The first kappa shape index (κ1) is 9.21. The number of pyridine rings is 1. The summed E-state index contributed by atoms with van der Waals surface area (Å²) in [5.74, 6) is 6.05. The van der Waals surface area contributed by atoms with Gasteiger partial charge in [-0.05, 0) is 38.1 Å². The van der Waals surface area contributed by atoms with Crippen LogP contribution in [0.25, 0.3) is 21.9 Å². The molecule has 0 radical (unpaired) electrons. The van der Waals surface area contributed by atoms with Crippen LogP contribution >= 0.6 is 0 Å². The molecule has 0 atom stereocenters. The largest absolute Gasteiger partial charge is 0.339 e. The molecular weight excluding hydrogens is 198 g/mol. The van der Waals surface area contributed by atoms with E-state index in [0.717, 1.165) is 27.6 Å². The van der Waals surface area contributed by atoms with E-state index in [1.807, 2.05) is 25.1 Å². The number of hydrogen-bond donors (Lipinski definition) is 1. The molecule has 3 aromatic rings. The molecule has 2 N–H and O–H groups in total. The highest BCUT2D eigenvalue weighted by Gasteiger charge is 2.09. The van der Waals surface area contributed by atoms with Crippen molar-refractivity contribution in [2.24, 2.45) is 0 Å². The summed E-state index contributed by atoms with van der Waals surface area (Å²) in [5.41, 5.74) is 5.23. The van der Waals surface area contributed by atoms with E-state index in [0.29, 0.717) is 0 Å². The van der Waals surface area contributed by atoms with Crippen LogP contribution in [0.4, 0.5) is 0 Å². The second kappa shape index (κ2) is 2.98. The van der Waals surface area contributed by atoms with E-state index in [2.05, 4.69) is 24.0 Å². The Labute approximate surface area is 93.5 Å². The maximum atomic E-state index is 6.05. The first-order chi connectivity index (χ1) is 7.66. The van der Waals surface area contributed by atoms with Crippen molar-refractivity contribution in [3.05, 3.63) is 41.6 Å². The molecule has 0 spiro atoms. The molecule has 0 amide bonds. The topological polar surface area (TPSA) is 43.8 Å². The zero-order valence-corrected chi connectivity index (χ0v) is 9.36. The predicted octanol–water partition coefficient (Wildman–Crippen LogP) is 2.52. The van der Waals surface area contributed by atoms with Crippen molar-refractivity contribution in [3.63, 3.8) is 0 Å². The molecule has 0 bridgehead atoms. The lowest BCUT2D eigenvalue weighted by molar-refractivity contribution is 1.11. The van der Waals surface area contributed by atoms with Crippen molar-refractivity contribution in [2.75, 3.05) is 5.84 Å². The zero-order chi connectivity index (χ0) is 11.3. The molecule has 1 aromatic carbocycles. The van der Waals surface area contributed by atoms with Gasteiger partial charge in [-0.1, -0.05) is 11.6 Å². The molecule has 16 heavy (non-hydrogen) atoms. The van der Waals surface area contributed by atoms with Gasteiger partial charge in [-0.15, -0.1) is 0 Å². The highest BCUT2D eigenvalue weighted by atomic mass is 15.3. The summed E-state index contributed by atoms with van der Waals surface area (Å²) < 4.78 is 1.70. The van der Waals surface area contributed by atoms with E-state index < -0.39 is 0 Å². The van der Waals surface area contributed by atoms with Crippen LogP contribution in [0, 0.1) is 13.8 Å². The average molecular weight is 211 g/mol. The van der Waals surface area contributed by atoms with Crippen LogP contribution in [-0.2, 0) is 0 Å². The Morgan fingerprint density at radius 1 is 1.06 bits per heavy atom. The van der Waals surface area contributed by atoms with Crippen molar-refractivity contribution in [2.45, 2.75) is 13.8 Å².